The first-order valence-electron chi connectivity index (χ1n) is 9.85. The van der Waals surface area contributed by atoms with Gasteiger partial charge >= 0.3 is 145 Å². The van der Waals surface area contributed by atoms with Gasteiger partial charge in [-0.1, -0.05) is 0 Å². The van der Waals surface area contributed by atoms with E-state index in [4.69, 9.17) is 0 Å². The van der Waals surface area contributed by atoms with Gasteiger partial charge in [0.05, 0.1) is 0 Å². The van der Waals surface area contributed by atoms with Crippen molar-refractivity contribution in [2.24, 2.45) is 5.92 Å². The molecule has 4 rings (SSSR count). The average Bonchev–Trinajstić information content (AvgIpc) is 3.09. The van der Waals surface area contributed by atoms with E-state index in [2.05, 4.69) is 31.4 Å². The zero-order chi connectivity index (χ0) is 16.2. The molecule has 0 saturated carbocycles. The molecular weight excluding hydrogens is 337 g/mol. The van der Waals surface area contributed by atoms with Gasteiger partial charge in [0.1, 0.15) is 0 Å². The Hall–Kier alpha value is -0.497. The fourth-order valence-corrected chi connectivity index (χ4v) is 14.1. The molecule has 4 aliphatic rings. The summed E-state index contributed by atoms with van der Waals surface area (Å²) in [5.74, 6) is 6.15. The molecule has 0 heterocycles. The van der Waals surface area contributed by atoms with E-state index < -0.39 is 13.3 Å². The Kier molecular flexibility index (Phi) is 4.03. The van der Waals surface area contributed by atoms with E-state index in [1.165, 1.54) is 57.8 Å². The third kappa shape index (κ3) is 2.47. The summed E-state index contributed by atoms with van der Waals surface area (Å²) in [4.78, 5) is 0. The van der Waals surface area contributed by atoms with Crippen LogP contribution in [0.5, 0.6) is 0 Å². The Balaban J connectivity index is 1.66. The van der Waals surface area contributed by atoms with Crippen LogP contribution >= 0.6 is 0 Å². The molecule has 0 nitrogen and oxygen atoms in total. The van der Waals surface area contributed by atoms with Crippen molar-refractivity contribution in [3.8, 4) is 0 Å². The molecule has 4 aliphatic carbocycles. The van der Waals surface area contributed by atoms with Crippen molar-refractivity contribution < 1.29 is 0 Å². The summed E-state index contributed by atoms with van der Waals surface area (Å²) in [6.07, 6.45) is 15.2. The van der Waals surface area contributed by atoms with Crippen LogP contribution in [0, 0.1) is 5.92 Å². The van der Waals surface area contributed by atoms with Gasteiger partial charge < -0.3 is 0 Å². The van der Waals surface area contributed by atoms with Crippen LogP contribution in [0.2, 0.25) is 11.5 Å². The van der Waals surface area contributed by atoms with Crippen molar-refractivity contribution in [3.05, 3.63) is 42.8 Å². The van der Waals surface area contributed by atoms with E-state index in [0.29, 0.717) is 0 Å². The Morgan fingerprint density at radius 2 is 1.65 bits per heavy atom. The molecule has 23 heavy (non-hydrogen) atoms. The van der Waals surface area contributed by atoms with Gasteiger partial charge in [0.2, 0.25) is 0 Å². The molecular formula is C22H32Ge. The van der Waals surface area contributed by atoms with E-state index in [1.807, 2.05) is 20.0 Å². The van der Waals surface area contributed by atoms with Crippen molar-refractivity contribution >= 4 is 13.3 Å². The van der Waals surface area contributed by atoms with Gasteiger partial charge in [0, 0.05) is 0 Å². The van der Waals surface area contributed by atoms with E-state index in [-0.39, 0.29) is 0 Å². The van der Waals surface area contributed by atoms with Crippen LogP contribution in [-0.4, -0.2) is 13.3 Å². The fraction of sp³-hybridized carbons (Fsp3) is 0.636. The topological polar surface area (TPSA) is 0 Å². The molecule has 0 aromatic carbocycles. The van der Waals surface area contributed by atoms with Gasteiger partial charge in [-0.25, -0.2) is 0 Å². The summed E-state index contributed by atoms with van der Waals surface area (Å²) in [5, 5.41) is 0. The molecule has 0 aliphatic heterocycles. The first kappa shape index (κ1) is 16.0. The summed E-state index contributed by atoms with van der Waals surface area (Å²) < 4.78 is 3.82. The first-order chi connectivity index (χ1) is 11.0. The molecule has 0 amide bonds. The Morgan fingerprint density at radius 3 is 2.39 bits per heavy atom. The Labute approximate surface area is 145 Å². The molecule has 0 fully saturated rings. The quantitative estimate of drug-likeness (QED) is 0.469. The monoisotopic (exact) mass is 370 g/mol. The average molecular weight is 369 g/mol. The van der Waals surface area contributed by atoms with Gasteiger partial charge in [-0.15, -0.1) is 0 Å². The first-order valence-corrected chi connectivity index (χ1v) is 16.1. The Bertz CT molecular complexity index is 666. The summed E-state index contributed by atoms with van der Waals surface area (Å²) in [7, 11) is 0. The molecule has 124 valence electrons. The predicted molar refractivity (Wildman–Crippen MR) is 103 cm³/mol. The molecule has 0 aromatic rings. The van der Waals surface area contributed by atoms with Crippen LogP contribution in [0.4, 0.5) is 0 Å². The molecule has 0 aromatic heterocycles. The normalized spacial score (nSPS) is 28.3. The third-order valence-electron chi connectivity index (χ3n) is 7.18. The molecule has 0 spiro atoms. The third-order valence-corrected chi connectivity index (χ3v) is 15.7. The second kappa shape index (κ2) is 5.79. The second-order valence-corrected chi connectivity index (χ2v) is 18.1. The maximum atomic E-state index is 2.69. The maximum absolute atomic E-state index is 2.69. The molecule has 1 unspecified atom stereocenters. The number of allylic oxidation sites excluding steroid dienone is 8. The zero-order valence-electron chi connectivity index (χ0n) is 15.5. The second-order valence-electron chi connectivity index (χ2n) is 8.78. The standard InChI is InChI=1S/C22H32Ge/c1-15-20-11-7-8-12-21(20)16(2)22(15)23(3,4)19-13-17-9-5-6-10-18(17)14-19/h13,15H,5-12,14H2,1-4H3. The van der Waals surface area contributed by atoms with Crippen molar-refractivity contribution in [1.82, 2.24) is 0 Å². The minimum absolute atomic E-state index is 0.763. The van der Waals surface area contributed by atoms with Crippen LogP contribution < -0.4 is 0 Å². The predicted octanol–water partition coefficient (Wildman–Crippen LogP) is 6.81. The number of hydrogen-bond acceptors (Lipinski definition) is 0. The van der Waals surface area contributed by atoms with Crippen molar-refractivity contribution in [2.75, 3.05) is 0 Å². The van der Waals surface area contributed by atoms with Gasteiger partial charge in [-0.3, -0.25) is 0 Å². The minimum atomic E-state index is -2.08. The van der Waals surface area contributed by atoms with E-state index in [0.717, 1.165) is 5.92 Å². The van der Waals surface area contributed by atoms with E-state index >= 15 is 0 Å². The molecule has 0 N–H and O–H groups in total. The molecule has 1 atom stereocenters. The van der Waals surface area contributed by atoms with Gasteiger partial charge in [-0.05, 0) is 0 Å². The van der Waals surface area contributed by atoms with Crippen molar-refractivity contribution in [1.29, 1.82) is 0 Å². The number of rotatable bonds is 2. The van der Waals surface area contributed by atoms with Crippen LogP contribution in [0.15, 0.2) is 42.8 Å². The van der Waals surface area contributed by atoms with E-state index in [9.17, 15) is 0 Å². The molecule has 0 radical (unpaired) electrons. The fourth-order valence-electron chi connectivity index (χ4n) is 5.94. The number of hydrogen-bond donors (Lipinski definition) is 0. The van der Waals surface area contributed by atoms with Crippen molar-refractivity contribution in [2.45, 2.75) is 83.1 Å². The summed E-state index contributed by atoms with van der Waals surface area (Å²) in [5.41, 5.74) is 8.91. The summed E-state index contributed by atoms with van der Waals surface area (Å²) >= 11 is -2.08. The van der Waals surface area contributed by atoms with Crippen LogP contribution in [0.3, 0.4) is 0 Å². The zero-order valence-corrected chi connectivity index (χ0v) is 17.6. The SMILES string of the molecule is CC1=[C]([Ge]([CH3])([CH3])[C]2=CC3=C(CCCC3)C2)C(C)C2=C1CCCC2. The molecule has 0 saturated heterocycles. The molecule has 1 heteroatoms. The summed E-state index contributed by atoms with van der Waals surface area (Å²) in [6.45, 7) is 5.00. The van der Waals surface area contributed by atoms with Gasteiger partial charge in [0.15, 0.2) is 0 Å². The Morgan fingerprint density at radius 1 is 0.957 bits per heavy atom. The van der Waals surface area contributed by atoms with Crippen LogP contribution in [0.25, 0.3) is 0 Å². The van der Waals surface area contributed by atoms with Crippen LogP contribution in [-0.2, 0) is 0 Å². The van der Waals surface area contributed by atoms with Gasteiger partial charge in [0.25, 0.3) is 0 Å². The van der Waals surface area contributed by atoms with Gasteiger partial charge in [-0.2, -0.15) is 0 Å². The van der Waals surface area contributed by atoms with Crippen molar-refractivity contribution in [3.63, 3.8) is 0 Å². The summed E-state index contributed by atoms with van der Waals surface area (Å²) in [6, 6.07) is 0. The molecule has 0 bridgehead atoms. The van der Waals surface area contributed by atoms with Crippen LogP contribution in [0.1, 0.15) is 71.6 Å². The van der Waals surface area contributed by atoms with E-state index in [1.54, 1.807) is 16.7 Å².